The molecule has 7 heteroatoms. The van der Waals surface area contributed by atoms with Crippen LogP contribution in [0.5, 0.6) is 17.2 Å². The summed E-state index contributed by atoms with van der Waals surface area (Å²) in [7, 11) is 0. The van der Waals surface area contributed by atoms with Gasteiger partial charge in [0, 0.05) is 0 Å². The van der Waals surface area contributed by atoms with Crippen LogP contribution >= 0.6 is 0 Å². The minimum atomic E-state index is -1.89. The Balaban J connectivity index is 0.00000151. The fourth-order valence-electron chi connectivity index (χ4n) is 1.98. The molecule has 25 heavy (non-hydrogen) atoms. The van der Waals surface area contributed by atoms with E-state index in [1.165, 1.54) is 12.1 Å². The summed E-state index contributed by atoms with van der Waals surface area (Å²) in [6.07, 6.45) is 0.905. The largest absolute Gasteiger partial charge is 0.451 e. The summed E-state index contributed by atoms with van der Waals surface area (Å²) in [5, 5.41) is 8.28. The molecule has 0 fully saturated rings. The van der Waals surface area contributed by atoms with Crippen molar-refractivity contribution in [1.29, 1.82) is 0 Å². The van der Waals surface area contributed by atoms with Crippen LogP contribution in [0.15, 0.2) is 24.3 Å². The third-order valence-corrected chi connectivity index (χ3v) is 3.56. The van der Waals surface area contributed by atoms with E-state index in [-0.39, 0.29) is 11.7 Å². The molecular formula is C18H20F4O3. The maximum atomic E-state index is 13.7. The number of ether oxygens (including phenoxy) is 1. The Bertz CT molecular complexity index is 673. The molecule has 1 atom stereocenters. The van der Waals surface area contributed by atoms with Gasteiger partial charge in [0.2, 0.25) is 34.8 Å². The van der Waals surface area contributed by atoms with Crippen molar-refractivity contribution >= 4 is 0 Å². The van der Waals surface area contributed by atoms with Crippen LogP contribution in [-0.4, -0.2) is 5.26 Å². The van der Waals surface area contributed by atoms with Crippen LogP contribution < -0.4 is 9.62 Å². The van der Waals surface area contributed by atoms with Gasteiger partial charge in [-0.25, -0.2) is 5.26 Å². The Morgan fingerprint density at radius 3 is 1.72 bits per heavy atom. The molecule has 0 saturated heterocycles. The lowest BCUT2D eigenvalue weighted by Gasteiger charge is -2.13. The van der Waals surface area contributed by atoms with Gasteiger partial charge in [-0.05, 0) is 30.0 Å². The van der Waals surface area contributed by atoms with Gasteiger partial charge in [-0.2, -0.15) is 17.6 Å². The summed E-state index contributed by atoms with van der Waals surface area (Å²) in [6, 6.07) is 6.26. The molecule has 1 unspecified atom stereocenters. The van der Waals surface area contributed by atoms with E-state index in [4.69, 9.17) is 9.99 Å². The van der Waals surface area contributed by atoms with Crippen molar-refractivity contribution in [2.45, 2.75) is 40.0 Å². The quantitative estimate of drug-likeness (QED) is 0.289. The Kier molecular flexibility index (Phi) is 7.70. The molecule has 0 aliphatic rings. The number of hydrogen-bond acceptors (Lipinski definition) is 3. The topological polar surface area (TPSA) is 38.7 Å². The molecule has 0 aliphatic carbocycles. The molecule has 2 rings (SSSR count). The third kappa shape index (κ3) is 4.42. The summed E-state index contributed by atoms with van der Waals surface area (Å²) >= 11 is 0. The molecule has 2 aromatic carbocycles. The summed E-state index contributed by atoms with van der Waals surface area (Å²) in [5.41, 5.74) is 0.988. The average molecular weight is 360 g/mol. The van der Waals surface area contributed by atoms with Crippen molar-refractivity contribution in [1.82, 2.24) is 0 Å². The van der Waals surface area contributed by atoms with Crippen molar-refractivity contribution in [2.24, 2.45) is 0 Å². The highest BCUT2D eigenvalue weighted by Gasteiger charge is 2.29. The van der Waals surface area contributed by atoms with Crippen molar-refractivity contribution in [3.8, 4) is 17.2 Å². The van der Waals surface area contributed by atoms with Gasteiger partial charge in [0.1, 0.15) is 5.75 Å². The van der Waals surface area contributed by atoms with Gasteiger partial charge in [0.05, 0.1) is 0 Å². The average Bonchev–Trinajstić information content (AvgIpc) is 2.65. The molecule has 0 amide bonds. The standard InChI is InChI=1S/C16H14F4O3.C2H6/c1-3-8(2)9-4-6-10(7-5-9)22-15-11(17)13(19)16(23-21)14(20)12(15)18;1-2/h4-8,21H,3H2,1-2H3;1-2H3. The van der Waals surface area contributed by atoms with E-state index < -0.39 is 34.8 Å². The summed E-state index contributed by atoms with van der Waals surface area (Å²) in [4.78, 5) is 3.31. The highest BCUT2D eigenvalue weighted by atomic mass is 19.2. The van der Waals surface area contributed by atoms with Crippen molar-refractivity contribution in [2.75, 3.05) is 0 Å². The lowest BCUT2D eigenvalue weighted by Crippen LogP contribution is -2.04. The second-order valence-electron chi connectivity index (χ2n) is 4.99. The normalized spacial score (nSPS) is 11.4. The predicted octanol–water partition coefficient (Wildman–Crippen LogP) is 6.43. The monoisotopic (exact) mass is 360 g/mol. The van der Waals surface area contributed by atoms with Gasteiger partial charge >= 0.3 is 0 Å². The van der Waals surface area contributed by atoms with Gasteiger partial charge in [0.15, 0.2) is 0 Å². The van der Waals surface area contributed by atoms with Crippen molar-refractivity contribution in [3.05, 3.63) is 53.1 Å². The van der Waals surface area contributed by atoms with Gasteiger partial charge < -0.3 is 9.62 Å². The fraction of sp³-hybridized carbons (Fsp3) is 0.333. The van der Waals surface area contributed by atoms with E-state index >= 15 is 0 Å². The maximum absolute atomic E-state index is 13.7. The zero-order valence-corrected chi connectivity index (χ0v) is 14.4. The molecule has 0 aromatic heterocycles. The van der Waals surface area contributed by atoms with Crippen LogP contribution in [0.25, 0.3) is 0 Å². The summed E-state index contributed by atoms with van der Waals surface area (Å²) < 4.78 is 59.3. The van der Waals surface area contributed by atoms with Crippen molar-refractivity contribution < 1.29 is 32.4 Å². The molecule has 0 aliphatic heterocycles. The minimum Gasteiger partial charge on any atom is -0.451 e. The van der Waals surface area contributed by atoms with Crippen LogP contribution in [0.4, 0.5) is 17.6 Å². The zero-order valence-electron chi connectivity index (χ0n) is 14.4. The summed E-state index contributed by atoms with van der Waals surface area (Å²) in [5.74, 6) is -9.93. The number of rotatable bonds is 5. The predicted molar refractivity (Wildman–Crippen MR) is 86.1 cm³/mol. The molecule has 1 N–H and O–H groups in total. The van der Waals surface area contributed by atoms with E-state index in [1.54, 1.807) is 12.1 Å². The fourth-order valence-corrected chi connectivity index (χ4v) is 1.98. The van der Waals surface area contributed by atoms with Crippen LogP contribution in [-0.2, 0) is 0 Å². The van der Waals surface area contributed by atoms with Crippen LogP contribution in [0.3, 0.4) is 0 Å². The molecule has 0 heterocycles. The molecule has 0 spiro atoms. The SMILES string of the molecule is CC.CCC(C)c1ccc(Oc2c(F)c(F)c(OO)c(F)c2F)cc1. The maximum Gasteiger partial charge on any atom is 0.242 e. The zero-order chi connectivity index (χ0) is 19.1. The number of hydrogen-bond donors (Lipinski definition) is 1. The number of halogens is 4. The van der Waals surface area contributed by atoms with Crippen LogP contribution in [0.2, 0.25) is 0 Å². The Morgan fingerprint density at radius 2 is 1.32 bits per heavy atom. The van der Waals surface area contributed by atoms with Gasteiger partial charge in [-0.15, -0.1) is 0 Å². The van der Waals surface area contributed by atoms with Crippen LogP contribution in [0, 0.1) is 23.3 Å². The molecular weight excluding hydrogens is 340 g/mol. The Morgan fingerprint density at radius 1 is 0.880 bits per heavy atom. The van der Waals surface area contributed by atoms with Gasteiger partial charge in [-0.1, -0.05) is 39.8 Å². The smallest absolute Gasteiger partial charge is 0.242 e. The lowest BCUT2D eigenvalue weighted by atomic mass is 9.99. The minimum absolute atomic E-state index is 0.00585. The van der Waals surface area contributed by atoms with Gasteiger partial charge in [-0.3, -0.25) is 0 Å². The molecule has 138 valence electrons. The first-order valence-electron chi connectivity index (χ1n) is 7.85. The van der Waals surface area contributed by atoms with E-state index in [9.17, 15) is 17.6 Å². The lowest BCUT2D eigenvalue weighted by molar-refractivity contribution is -0.144. The molecule has 3 nitrogen and oxygen atoms in total. The molecule has 0 saturated carbocycles. The Hall–Kier alpha value is -2.28. The Labute approximate surface area is 143 Å². The molecule has 2 aromatic rings. The van der Waals surface area contributed by atoms with E-state index in [1.807, 2.05) is 27.7 Å². The van der Waals surface area contributed by atoms with Crippen molar-refractivity contribution in [3.63, 3.8) is 0 Å². The van der Waals surface area contributed by atoms with E-state index in [0.29, 0.717) is 0 Å². The van der Waals surface area contributed by atoms with Crippen LogP contribution in [0.1, 0.15) is 45.6 Å². The summed E-state index contributed by atoms with van der Waals surface area (Å²) in [6.45, 7) is 8.02. The second kappa shape index (κ2) is 9.27. The third-order valence-electron chi connectivity index (χ3n) is 3.56. The van der Waals surface area contributed by atoms with E-state index in [0.717, 1.165) is 12.0 Å². The second-order valence-corrected chi connectivity index (χ2v) is 4.99. The molecule has 0 bridgehead atoms. The highest BCUT2D eigenvalue weighted by Crippen LogP contribution is 2.36. The first kappa shape index (κ1) is 20.8. The first-order valence-corrected chi connectivity index (χ1v) is 7.85. The van der Waals surface area contributed by atoms with Gasteiger partial charge in [0.25, 0.3) is 0 Å². The number of benzene rings is 2. The highest BCUT2D eigenvalue weighted by molar-refractivity contribution is 5.41. The van der Waals surface area contributed by atoms with E-state index in [2.05, 4.69) is 4.89 Å². The first-order chi connectivity index (χ1) is 11.9. The molecule has 0 radical (unpaired) electrons.